The standard InChI is InChI=1S/C8H8N2S.C8H8O2S/c1-6-5-7(10-9-6)8-3-2-4-11-8;1-6(9)5-7(10)8-3-2-4-11-8/h2-5H,1H3,(H,9,10);2-4H,5H2,1H3. The zero-order valence-electron chi connectivity index (χ0n) is 12.3. The smallest absolute Gasteiger partial charge is 0.180 e. The van der Waals surface area contributed by atoms with Crippen LogP contribution in [0.15, 0.2) is 41.1 Å². The number of ketones is 2. The maximum absolute atomic E-state index is 11.1. The first kappa shape index (κ1) is 16.3. The van der Waals surface area contributed by atoms with Gasteiger partial charge >= 0.3 is 0 Å². The quantitative estimate of drug-likeness (QED) is 0.570. The van der Waals surface area contributed by atoms with Crippen molar-refractivity contribution in [2.24, 2.45) is 0 Å². The zero-order valence-corrected chi connectivity index (χ0v) is 14.0. The van der Waals surface area contributed by atoms with Crippen LogP contribution < -0.4 is 0 Å². The summed E-state index contributed by atoms with van der Waals surface area (Å²) in [6, 6.07) is 9.68. The number of rotatable bonds is 4. The van der Waals surface area contributed by atoms with Crippen LogP contribution in [0.2, 0.25) is 0 Å². The van der Waals surface area contributed by atoms with E-state index in [0.717, 1.165) is 11.4 Å². The summed E-state index contributed by atoms with van der Waals surface area (Å²) in [6.45, 7) is 3.43. The van der Waals surface area contributed by atoms with Gasteiger partial charge in [0.05, 0.1) is 16.2 Å². The molecule has 4 nitrogen and oxygen atoms in total. The van der Waals surface area contributed by atoms with Crippen LogP contribution in [0.25, 0.3) is 10.6 Å². The number of carbonyl (C=O) groups is 2. The van der Waals surface area contributed by atoms with Crippen LogP contribution in [0.1, 0.15) is 28.7 Å². The predicted octanol–water partition coefficient (Wildman–Crippen LogP) is 4.36. The summed E-state index contributed by atoms with van der Waals surface area (Å²) in [5.41, 5.74) is 2.14. The summed E-state index contributed by atoms with van der Waals surface area (Å²) >= 11 is 3.08. The lowest BCUT2D eigenvalue weighted by molar-refractivity contribution is -0.116. The zero-order chi connectivity index (χ0) is 15.9. The van der Waals surface area contributed by atoms with Gasteiger partial charge < -0.3 is 0 Å². The predicted molar refractivity (Wildman–Crippen MR) is 90.6 cm³/mol. The van der Waals surface area contributed by atoms with Crippen LogP contribution >= 0.6 is 22.7 Å². The number of thiophene rings is 2. The highest BCUT2D eigenvalue weighted by atomic mass is 32.1. The van der Waals surface area contributed by atoms with E-state index in [1.807, 2.05) is 24.4 Å². The summed E-state index contributed by atoms with van der Waals surface area (Å²) in [7, 11) is 0. The molecule has 0 atom stereocenters. The van der Waals surface area contributed by atoms with Gasteiger partial charge in [0.15, 0.2) is 5.78 Å². The Morgan fingerprint density at radius 2 is 1.91 bits per heavy atom. The Hall–Kier alpha value is -2.05. The second-order valence-electron chi connectivity index (χ2n) is 4.69. The number of hydrogen-bond donors (Lipinski definition) is 1. The molecule has 0 unspecified atom stereocenters. The van der Waals surface area contributed by atoms with Crippen molar-refractivity contribution in [3.63, 3.8) is 0 Å². The van der Waals surface area contributed by atoms with Crippen molar-refractivity contribution in [2.45, 2.75) is 20.3 Å². The van der Waals surface area contributed by atoms with Crippen molar-refractivity contribution in [2.75, 3.05) is 0 Å². The Morgan fingerprint density at radius 1 is 1.18 bits per heavy atom. The molecule has 0 aliphatic carbocycles. The number of Topliss-reactive ketones (excluding diaryl/α,β-unsaturated/α-hetero) is 2. The van der Waals surface area contributed by atoms with Crippen molar-refractivity contribution in [3.8, 4) is 10.6 Å². The molecule has 0 radical (unpaired) electrons. The van der Waals surface area contributed by atoms with Crippen LogP contribution in [-0.4, -0.2) is 21.8 Å². The highest BCUT2D eigenvalue weighted by Gasteiger charge is 2.08. The summed E-state index contributed by atoms with van der Waals surface area (Å²) < 4.78 is 0. The summed E-state index contributed by atoms with van der Waals surface area (Å²) in [5.74, 6) is -0.157. The SMILES string of the molecule is CC(=O)CC(=O)c1cccs1.Cc1cc(-c2cccs2)n[nH]1. The fourth-order valence-electron chi connectivity index (χ4n) is 1.72. The van der Waals surface area contributed by atoms with Crippen molar-refractivity contribution in [1.82, 2.24) is 10.2 Å². The minimum absolute atomic E-state index is 0.0283. The normalized spacial score (nSPS) is 9.91. The van der Waals surface area contributed by atoms with Crippen LogP contribution in [0.3, 0.4) is 0 Å². The first-order chi connectivity index (χ1) is 10.6. The van der Waals surface area contributed by atoms with E-state index in [1.54, 1.807) is 23.5 Å². The largest absolute Gasteiger partial charge is 0.300 e. The van der Waals surface area contributed by atoms with Gasteiger partial charge in [-0.2, -0.15) is 5.10 Å². The molecule has 3 aromatic heterocycles. The van der Waals surface area contributed by atoms with Gasteiger partial charge in [-0.3, -0.25) is 14.7 Å². The molecule has 3 rings (SSSR count). The molecule has 1 N–H and O–H groups in total. The molecule has 0 aliphatic heterocycles. The summed E-state index contributed by atoms with van der Waals surface area (Å²) in [5, 5.41) is 10.9. The van der Waals surface area contributed by atoms with Crippen molar-refractivity contribution < 1.29 is 9.59 Å². The van der Waals surface area contributed by atoms with Gasteiger partial charge in [0.1, 0.15) is 11.5 Å². The van der Waals surface area contributed by atoms with E-state index >= 15 is 0 Å². The third-order valence-electron chi connectivity index (χ3n) is 2.69. The molecule has 0 bridgehead atoms. The summed E-state index contributed by atoms with van der Waals surface area (Å²) in [6.07, 6.45) is 0.0283. The number of aromatic nitrogens is 2. The van der Waals surface area contributed by atoms with Crippen LogP contribution in [0.5, 0.6) is 0 Å². The Morgan fingerprint density at radius 3 is 2.41 bits per heavy atom. The number of aromatic amines is 1. The monoisotopic (exact) mass is 332 g/mol. The number of carbonyl (C=O) groups excluding carboxylic acids is 2. The van der Waals surface area contributed by atoms with E-state index in [-0.39, 0.29) is 18.0 Å². The number of nitrogens with one attached hydrogen (secondary N) is 1. The molecule has 0 saturated heterocycles. The second-order valence-corrected chi connectivity index (χ2v) is 6.59. The third kappa shape index (κ3) is 4.75. The molecule has 114 valence electrons. The summed E-state index contributed by atoms with van der Waals surface area (Å²) in [4.78, 5) is 23.5. The molecule has 0 aromatic carbocycles. The van der Waals surface area contributed by atoms with Gasteiger partial charge in [-0.25, -0.2) is 0 Å². The maximum atomic E-state index is 11.1. The molecule has 0 saturated carbocycles. The highest BCUT2D eigenvalue weighted by molar-refractivity contribution is 7.13. The highest BCUT2D eigenvalue weighted by Crippen LogP contribution is 2.22. The number of hydrogen-bond acceptors (Lipinski definition) is 5. The first-order valence-corrected chi connectivity index (χ1v) is 8.44. The lowest BCUT2D eigenvalue weighted by Crippen LogP contribution is -2.02. The van der Waals surface area contributed by atoms with Gasteiger partial charge in [0, 0.05) is 5.69 Å². The van der Waals surface area contributed by atoms with E-state index in [9.17, 15) is 9.59 Å². The van der Waals surface area contributed by atoms with Gasteiger partial charge in [0.25, 0.3) is 0 Å². The molecular weight excluding hydrogens is 316 g/mol. The molecule has 6 heteroatoms. The Labute approximate surface area is 136 Å². The van der Waals surface area contributed by atoms with E-state index in [0.29, 0.717) is 4.88 Å². The van der Waals surface area contributed by atoms with Crippen LogP contribution in [0, 0.1) is 6.92 Å². The minimum atomic E-state index is -0.0802. The molecule has 0 amide bonds. The fourth-order valence-corrected chi connectivity index (χ4v) is 3.07. The first-order valence-electron chi connectivity index (χ1n) is 6.68. The number of aryl methyl sites for hydroxylation is 1. The van der Waals surface area contributed by atoms with Crippen LogP contribution in [-0.2, 0) is 4.79 Å². The molecule has 0 fully saturated rings. The molecular formula is C16H16N2O2S2. The second kappa shape index (κ2) is 7.82. The maximum Gasteiger partial charge on any atom is 0.180 e. The van der Waals surface area contributed by atoms with Crippen molar-refractivity contribution in [1.29, 1.82) is 0 Å². The Balaban J connectivity index is 0.000000160. The molecule has 3 heterocycles. The van der Waals surface area contributed by atoms with Crippen molar-refractivity contribution in [3.05, 3.63) is 51.7 Å². The average molecular weight is 332 g/mol. The molecule has 3 aromatic rings. The van der Waals surface area contributed by atoms with Gasteiger partial charge in [-0.1, -0.05) is 12.1 Å². The van der Waals surface area contributed by atoms with Gasteiger partial charge in [-0.05, 0) is 42.8 Å². The third-order valence-corrected chi connectivity index (χ3v) is 4.49. The van der Waals surface area contributed by atoms with Crippen LogP contribution in [0.4, 0.5) is 0 Å². The Kier molecular flexibility index (Phi) is 5.80. The average Bonchev–Trinajstić information content (AvgIpc) is 3.21. The number of H-pyrrole nitrogens is 1. The van der Waals surface area contributed by atoms with E-state index in [4.69, 9.17) is 0 Å². The van der Waals surface area contributed by atoms with Crippen molar-refractivity contribution >= 4 is 34.2 Å². The van der Waals surface area contributed by atoms with Gasteiger partial charge in [0.2, 0.25) is 0 Å². The lowest BCUT2D eigenvalue weighted by Gasteiger charge is -1.90. The van der Waals surface area contributed by atoms with E-state index < -0.39 is 0 Å². The topological polar surface area (TPSA) is 62.8 Å². The lowest BCUT2D eigenvalue weighted by atomic mass is 10.2. The molecule has 0 aliphatic rings. The number of nitrogens with zero attached hydrogens (tertiary/aromatic N) is 1. The molecule has 22 heavy (non-hydrogen) atoms. The van der Waals surface area contributed by atoms with Gasteiger partial charge in [-0.15, -0.1) is 22.7 Å². The van der Waals surface area contributed by atoms with E-state index in [1.165, 1.54) is 23.1 Å². The Bertz CT molecular complexity index is 728. The molecule has 0 spiro atoms. The fraction of sp³-hybridized carbons (Fsp3) is 0.188. The van der Waals surface area contributed by atoms with E-state index in [2.05, 4.69) is 21.6 Å². The minimum Gasteiger partial charge on any atom is -0.300 e.